The largest absolute Gasteiger partial charge is 0.310 e. The zero-order valence-corrected chi connectivity index (χ0v) is 11.4. The van der Waals surface area contributed by atoms with Gasteiger partial charge in [0.2, 0.25) is 0 Å². The molecule has 0 aliphatic carbocycles. The van der Waals surface area contributed by atoms with Gasteiger partial charge >= 0.3 is 0 Å². The molecule has 1 N–H and O–H groups in total. The molecule has 0 bridgehead atoms. The Bertz CT molecular complexity index is 599. The van der Waals surface area contributed by atoms with E-state index in [9.17, 15) is 4.39 Å². The fourth-order valence-electron chi connectivity index (χ4n) is 2.09. The van der Waals surface area contributed by atoms with E-state index in [0.717, 1.165) is 11.1 Å². The summed E-state index contributed by atoms with van der Waals surface area (Å²) in [5.74, 6) is -0.152. The highest BCUT2D eigenvalue weighted by Gasteiger charge is 2.05. The zero-order chi connectivity index (χ0) is 14.4. The SMILES string of the molecule is CC(NCCc1ccccc1F)c1ccc(C#N)cc1. The van der Waals surface area contributed by atoms with Crippen molar-refractivity contribution in [3.8, 4) is 6.07 Å². The Morgan fingerprint density at radius 3 is 2.50 bits per heavy atom. The summed E-state index contributed by atoms with van der Waals surface area (Å²) < 4.78 is 13.5. The molecule has 2 aromatic carbocycles. The summed E-state index contributed by atoms with van der Waals surface area (Å²) in [6, 6.07) is 16.6. The van der Waals surface area contributed by atoms with Crippen LogP contribution in [0.5, 0.6) is 0 Å². The number of hydrogen-bond donors (Lipinski definition) is 1. The minimum Gasteiger partial charge on any atom is -0.310 e. The first-order valence-corrected chi connectivity index (χ1v) is 6.67. The standard InChI is InChI=1S/C17H17FN2/c1-13(15-8-6-14(12-19)7-9-15)20-11-10-16-4-2-3-5-17(16)18/h2-9,13,20H,10-11H2,1H3. The van der Waals surface area contributed by atoms with Gasteiger partial charge in [-0.15, -0.1) is 0 Å². The molecule has 0 aromatic heterocycles. The minimum absolute atomic E-state index is 0.152. The Balaban J connectivity index is 1.87. The van der Waals surface area contributed by atoms with Gasteiger partial charge in [0.05, 0.1) is 11.6 Å². The van der Waals surface area contributed by atoms with Crippen LogP contribution >= 0.6 is 0 Å². The molecule has 20 heavy (non-hydrogen) atoms. The molecule has 102 valence electrons. The summed E-state index contributed by atoms with van der Waals surface area (Å²) in [5.41, 5.74) is 2.51. The number of hydrogen-bond acceptors (Lipinski definition) is 2. The van der Waals surface area contributed by atoms with Crippen LogP contribution in [0.4, 0.5) is 4.39 Å². The Morgan fingerprint density at radius 1 is 1.15 bits per heavy atom. The molecule has 0 fully saturated rings. The lowest BCUT2D eigenvalue weighted by atomic mass is 10.1. The minimum atomic E-state index is -0.152. The molecule has 2 nitrogen and oxygen atoms in total. The first-order valence-electron chi connectivity index (χ1n) is 6.67. The number of rotatable bonds is 5. The van der Waals surface area contributed by atoms with Crippen molar-refractivity contribution in [3.63, 3.8) is 0 Å². The molecule has 1 unspecified atom stereocenters. The first kappa shape index (κ1) is 14.2. The lowest BCUT2D eigenvalue weighted by Crippen LogP contribution is -2.21. The summed E-state index contributed by atoms with van der Waals surface area (Å²) >= 11 is 0. The molecule has 0 radical (unpaired) electrons. The molecule has 3 heteroatoms. The van der Waals surface area contributed by atoms with Crippen LogP contribution in [0, 0.1) is 17.1 Å². The molecule has 1 atom stereocenters. The van der Waals surface area contributed by atoms with Crippen molar-refractivity contribution < 1.29 is 4.39 Å². The molecule has 0 saturated carbocycles. The third-order valence-corrected chi connectivity index (χ3v) is 3.34. The number of halogens is 1. The number of nitrogens with zero attached hydrogens (tertiary/aromatic N) is 1. The summed E-state index contributed by atoms with van der Waals surface area (Å²) in [4.78, 5) is 0. The first-order chi connectivity index (χ1) is 9.70. The maximum Gasteiger partial charge on any atom is 0.126 e. The monoisotopic (exact) mass is 268 g/mol. The number of benzene rings is 2. The van der Waals surface area contributed by atoms with Gasteiger partial charge in [0.1, 0.15) is 5.82 Å². The Morgan fingerprint density at radius 2 is 1.85 bits per heavy atom. The van der Waals surface area contributed by atoms with E-state index in [4.69, 9.17) is 5.26 Å². The Labute approximate surface area is 118 Å². The van der Waals surface area contributed by atoms with Crippen LogP contribution in [-0.2, 0) is 6.42 Å². The molecule has 0 aliphatic rings. The smallest absolute Gasteiger partial charge is 0.126 e. The summed E-state index contributed by atoms with van der Waals surface area (Å²) in [6.07, 6.45) is 0.660. The normalized spacial score (nSPS) is 11.8. The predicted molar refractivity (Wildman–Crippen MR) is 77.7 cm³/mol. The molecule has 0 heterocycles. The molecule has 2 aromatic rings. The number of nitriles is 1. The lowest BCUT2D eigenvalue weighted by molar-refractivity contribution is 0.559. The van der Waals surface area contributed by atoms with E-state index in [1.165, 1.54) is 6.07 Å². The fourth-order valence-corrected chi connectivity index (χ4v) is 2.09. The van der Waals surface area contributed by atoms with Crippen molar-refractivity contribution in [3.05, 3.63) is 71.0 Å². The van der Waals surface area contributed by atoms with E-state index in [0.29, 0.717) is 18.5 Å². The summed E-state index contributed by atoms with van der Waals surface area (Å²) in [6.45, 7) is 2.77. The van der Waals surface area contributed by atoms with Gasteiger partial charge in [0, 0.05) is 6.04 Å². The molecule has 0 amide bonds. The Kier molecular flexibility index (Phi) is 4.86. The van der Waals surface area contributed by atoms with E-state index in [1.807, 2.05) is 36.4 Å². The van der Waals surface area contributed by atoms with Gasteiger partial charge in [-0.3, -0.25) is 0 Å². The van der Waals surface area contributed by atoms with Gasteiger partial charge in [-0.2, -0.15) is 5.26 Å². The van der Waals surface area contributed by atoms with Crippen LogP contribution in [0.3, 0.4) is 0 Å². The molecular weight excluding hydrogens is 251 g/mol. The third-order valence-electron chi connectivity index (χ3n) is 3.34. The van der Waals surface area contributed by atoms with Crippen molar-refractivity contribution >= 4 is 0 Å². The second-order valence-corrected chi connectivity index (χ2v) is 4.75. The molecule has 2 rings (SSSR count). The second kappa shape index (κ2) is 6.83. The van der Waals surface area contributed by atoms with E-state index in [2.05, 4.69) is 18.3 Å². The highest BCUT2D eigenvalue weighted by atomic mass is 19.1. The number of nitrogens with one attached hydrogen (secondary N) is 1. The predicted octanol–water partition coefficient (Wildman–Crippen LogP) is 3.59. The van der Waals surface area contributed by atoms with Crippen LogP contribution in [0.25, 0.3) is 0 Å². The fraction of sp³-hybridized carbons (Fsp3) is 0.235. The van der Waals surface area contributed by atoms with Gasteiger partial charge in [-0.1, -0.05) is 30.3 Å². The van der Waals surface area contributed by atoms with Crippen LogP contribution in [0.2, 0.25) is 0 Å². The van der Waals surface area contributed by atoms with Crippen LogP contribution < -0.4 is 5.32 Å². The van der Waals surface area contributed by atoms with Gasteiger partial charge in [0.25, 0.3) is 0 Å². The van der Waals surface area contributed by atoms with E-state index < -0.39 is 0 Å². The molecule has 0 spiro atoms. The van der Waals surface area contributed by atoms with Gasteiger partial charge in [-0.05, 0) is 49.2 Å². The van der Waals surface area contributed by atoms with Crippen LogP contribution in [0.1, 0.15) is 29.7 Å². The van der Waals surface area contributed by atoms with E-state index in [-0.39, 0.29) is 11.9 Å². The topological polar surface area (TPSA) is 35.8 Å². The van der Waals surface area contributed by atoms with Crippen molar-refractivity contribution in [2.75, 3.05) is 6.54 Å². The summed E-state index contributed by atoms with van der Waals surface area (Å²) in [5, 5.41) is 12.1. The van der Waals surface area contributed by atoms with Crippen molar-refractivity contribution in [1.82, 2.24) is 5.32 Å². The maximum absolute atomic E-state index is 13.5. The molecular formula is C17H17FN2. The van der Waals surface area contributed by atoms with E-state index in [1.54, 1.807) is 6.07 Å². The highest BCUT2D eigenvalue weighted by Crippen LogP contribution is 2.13. The average Bonchev–Trinajstić information content (AvgIpc) is 2.49. The van der Waals surface area contributed by atoms with Gasteiger partial charge in [-0.25, -0.2) is 4.39 Å². The molecule has 0 aliphatic heterocycles. The van der Waals surface area contributed by atoms with Crippen molar-refractivity contribution in [2.24, 2.45) is 0 Å². The highest BCUT2D eigenvalue weighted by molar-refractivity contribution is 5.32. The summed E-state index contributed by atoms with van der Waals surface area (Å²) in [7, 11) is 0. The molecule has 0 saturated heterocycles. The Hall–Kier alpha value is -2.18. The zero-order valence-electron chi connectivity index (χ0n) is 11.4. The van der Waals surface area contributed by atoms with Gasteiger partial charge < -0.3 is 5.32 Å². The van der Waals surface area contributed by atoms with Crippen LogP contribution in [0.15, 0.2) is 48.5 Å². The van der Waals surface area contributed by atoms with Crippen molar-refractivity contribution in [1.29, 1.82) is 5.26 Å². The third kappa shape index (κ3) is 3.66. The lowest BCUT2D eigenvalue weighted by Gasteiger charge is -2.14. The van der Waals surface area contributed by atoms with Gasteiger partial charge in [0.15, 0.2) is 0 Å². The quantitative estimate of drug-likeness (QED) is 0.899. The maximum atomic E-state index is 13.5. The van der Waals surface area contributed by atoms with Crippen molar-refractivity contribution in [2.45, 2.75) is 19.4 Å². The van der Waals surface area contributed by atoms with Crippen LogP contribution in [-0.4, -0.2) is 6.54 Å². The van der Waals surface area contributed by atoms with E-state index >= 15 is 0 Å². The second-order valence-electron chi connectivity index (χ2n) is 4.75. The average molecular weight is 268 g/mol.